The van der Waals surface area contributed by atoms with Crippen molar-refractivity contribution in [2.75, 3.05) is 37.7 Å². The summed E-state index contributed by atoms with van der Waals surface area (Å²) in [6.07, 6.45) is 0.615. The average Bonchev–Trinajstić information content (AvgIpc) is 2.79. The number of nitriles is 1. The Kier molecular flexibility index (Phi) is 5.80. The van der Waals surface area contributed by atoms with Crippen molar-refractivity contribution in [3.8, 4) is 6.07 Å². The number of amides is 1. The Balaban J connectivity index is 1.98. The van der Waals surface area contributed by atoms with Gasteiger partial charge in [0.1, 0.15) is 17.6 Å². The molecule has 0 aromatic carbocycles. The van der Waals surface area contributed by atoms with Gasteiger partial charge in [-0.3, -0.25) is 0 Å². The van der Waals surface area contributed by atoms with Crippen molar-refractivity contribution < 1.29 is 9.53 Å². The van der Waals surface area contributed by atoms with Gasteiger partial charge in [-0.05, 0) is 30.9 Å². The number of hydrogen-bond donors (Lipinski definition) is 0. The zero-order valence-corrected chi connectivity index (χ0v) is 14.1. The SMILES string of the molecule is Cc1ccc(N2CCCN(C(=O)OCC(C)C)CC2)nc1C#N. The summed E-state index contributed by atoms with van der Waals surface area (Å²) >= 11 is 0. The van der Waals surface area contributed by atoms with Gasteiger partial charge in [0, 0.05) is 26.2 Å². The Hall–Kier alpha value is -2.29. The van der Waals surface area contributed by atoms with Crippen LogP contribution < -0.4 is 4.90 Å². The van der Waals surface area contributed by atoms with Gasteiger partial charge in [0.05, 0.1) is 6.61 Å². The van der Waals surface area contributed by atoms with Gasteiger partial charge in [-0.2, -0.15) is 5.26 Å². The first-order chi connectivity index (χ1) is 11.0. The molecule has 0 N–H and O–H groups in total. The lowest BCUT2D eigenvalue weighted by Crippen LogP contribution is -2.36. The lowest BCUT2D eigenvalue weighted by Gasteiger charge is -2.23. The number of hydrogen-bond acceptors (Lipinski definition) is 5. The van der Waals surface area contributed by atoms with Gasteiger partial charge in [-0.1, -0.05) is 19.9 Å². The number of rotatable bonds is 3. The molecule has 2 heterocycles. The third-order valence-corrected chi connectivity index (χ3v) is 3.81. The van der Waals surface area contributed by atoms with Crippen LogP contribution in [0.4, 0.5) is 10.6 Å². The standard InChI is InChI=1S/C17H24N4O2/c1-13(2)12-23-17(22)21-8-4-7-20(9-10-21)16-6-5-14(3)15(11-18)19-16/h5-6,13H,4,7-10,12H2,1-3H3. The normalized spacial score (nSPS) is 15.3. The van der Waals surface area contributed by atoms with E-state index >= 15 is 0 Å². The molecule has 1 aliphatic heterocycles. The molecule has 1 aromatic heterocycles. The molecule has 0 unspecified atom stereocenters. The minimum absolute atomic E-state index is 0.241. The quantitative estimate of drug-likeness (QED) is 0.857. The van der Waals surface area contributed by atoms with E-state index in [1.54, 1.807) is 4.90 Å². The topological polar surface area (TPSA) is 69.5 Å². The van der Waals surface area contributed by atoms with Crippen molar-refractivity contribution in [1.29, 1.82) is 5.26 Å². The number of aryl methyl sites for hydroxylation is 1. The number of ether oxygens (including phenoxy) is 1. The fraction of sp³-hybridized carbons (Fsp3) is 0.588. The number of nitrogens with zero attached hydrogens (tertiary/aromatic N) is 4. The fourth-order valence-corrected chi connectivity index (χ4v) is 2.47. The summed E-state index contributed by atoms with van der Waals surface area (Å²) in [4.78, 5) is 20.4. The highest BCUT2D eigenvalue weighted by atomic mass is 16.6. The van der Waals surface area contributed by atoms with E-state index in [2.05, 4.69) is 16.0 Å². The van der Waals surface area contributed by atoms with Crippen molar-refractivity contribution in [1.82, 2.24) is 9.88 Å². The Morgan fingerprint density at radius 1 is 1.35 bits per heavy atom. The maximum atomic E-state index is 12.1. The van der Waals surface area contributed by atoms with Gasteiger partial charge >= 0.3 is 6.09 Å². The minimum atomic E-state index is -0.241. The molecule has 0 radical (unpaired) electrons. The molecule has 6 heteroatoms. The molecule has 124 valence electrons. The monoisotopic (exact) mass is 316 g/mol. The summed E-state index contributed by atoms with van der Waals surface area (Å²) in [5, 5.41) is 9.12. The molecule has 1 saturated heterocycles. The smallest absolute Gasteiger partial charge is 0.409 e. The molecule has 0 spiro atoms. The first-order valence-corrected chi connectivity index (χ1v) is 8.05. The van der Waals surface area contributed by atoms with Gasteiger partial charge in [0.25, 0.3) is 0 Å². The van der Waals surface area contributed by atoms with E-state index in [4.69, 9.17) is 10.00 Å². The number of anilines is 1. The first kappa shape index (κ1) is 17.1. The van der Waals surface area contributed by atoms with Gasteiger partial charge in [-0.15, -0.1) is 0 Å². The summed E-state index contributed by atoms with van der Waals surface area (Å²) in [5.41, 5.74) is 1.34. The lowest BCUT2D eigenvalue weighted by molar-refractivity contribution is 0.0943. The highest BCUT2D eigenvalue weighted by Crippen LogP contribution is 2.17. The number of aromatic nitrogens is 1. The Bertz CT molecular complexity index is 595. The van der Waals surface area contributed by atoms with Crippen molar-refractivity contribution in [3.05, 3.63) is 23.4 Å². The fourth-order valence-electron chi connectivity index (χ4n) is 2.47. The predicted molar refractivity (Wildman–Crippen MR) is 88.3 cm³/mol. The van der Waals surface area contributed by atoms with Crippen LogP contribution in [0.25, 0.3) is 0 Å². The average molecular weight is 316 g/mol. The van der Waals surface area contributed by atoms with Crippen LogP contribution in [-0.2, 0) is 4.74 Å². The minimum Gasteiger partial charge on any atom is -0.449 e. The molecule has 1 aromatic rings. The van der Waals surface area contributed by atoms with Crippen molar-refractivity contribution >= 4 is 11.9 Å². The summed E-state index contributed by atoms with van der Waals surface area (Å²) in [5.74, 6) is 1.13. The van der Waals surface area contributed by atoms with Crippen LogP contribution in [0, 0.1) is 24.2 Å². The Morgan fingerprint density at radius 3 is 2.83 bits per heavy atom. The second-order valence-electron chi connectivity index (χ2n) is 6.25. The third-order valence-electron chi connectivity index (χ3n) is 3.81. The van der Waals surface area contributed by atoms with E-state index in [9.17, 15) is 4.79 Å². The molecule has 23 heavy (non-hydrogen) atoms. The van der Waals surface area contributed by atoms with Crippen LogP contribution in [0.1, 0.15) is 31.5 Å². The molecule has 2 rings (SSSR count). The van der Waals surface area contributed by atoms with Crippen LogP contribution in [0.5, 0.6) is 0 Å². The van der Waals surface area contributed by atoms with E-state index in [0.717, 1.165) is 24.3 Å². The number of carbonyl (C=O) groups is 1. The van der Waals surface area contributed by atoms with Crippen molar-refractivity contribution in [2.24, 2.45) is 5.92 Å². The summed E-state index contributed by atoms with van der Waals surface area (Å²) in [7, 11) is 0. The van der Waals surface area contributed by atoms with Crippen LogP contribution in [0.3, 0.4) is 0 Å². The number of pyridine rings is 1. The molecule has 0 atom stereocenters. The highest BCUT2D eigenvalue weighted by molar-refractivity contribution is 5.67. The zero-order valence-electron chi connectivity index (χ0n) is 14.1. The highest BCUT2D eigenvalue weighted by Gasteiger charge is 2.21. The maximum absolute atomic E-state index is 12.1. The van der Waals surface area contributed by atoms with Crippen LogP contribution >= 0.6 is 0 Å². The summed E-state index contributed by atoms with van der Waals surface area (Å²) in [6.45, 7) is 9.17. The van der Waals surface area contributed by atoms with Gasteiger partial charge in [-0.25, -0.2) is 9.78 Å². The van der Waals surface area contributed by atoms with Crippen LogP contribution in [0.2, 0.25) is 0 Å². The van der Waals surface area contributed by atoms with E-state index < -0.39 is 0 Å². The van der Waals surface area contributed by atoms with Crippen molar-refractivity contribution in [3.63, 3.8) is 0 Å². The molecule has 1 amide bonds. The van der Waals surface area contributed by atoms with Gasteiger partial charge in [0.15, 0.2) is 0 Å². The van der Waals surface area contributed by atoms with E-state index in [-0.39, 0.29) is 6.09 Å². The largest absolute Gasteiger partial charge is 0.449 e. The second-order valence-corrected chi connectivity index (χ2v) is 6.25. The molecule has 0 saturated carbocycles. The third kappa shape index (κ3) is 4.59. The predicted octanol–water partition coefficient (Wildman–Crippen LogP) is 2.57. The van der Waals surface area contributed by atoms with E-state index in [0.29, 0.717) is 37.9 Å². The molecule has 0 bridgehead atoms. The molecule has 1 fully saturated rings. The van der Waals surface area contributed by atoms with Gasteiger partial charge in [0.2, 0.25) is 0 Å². The molecule has 6 nitrogen and oxygen atoms in total. The second kappa shape index (κ2) is 7.82. The first-order valence-electron chi connectivity index (χ1n) is 8.05. The van der Waals surface area contributed by atoms with Crippen LogP contribution in [-0.4, -0.2) is 48.8 Å². The molecule has 0 aliphatic carbocycles. The summed E-state index contributed by atoms with van der Waals surface area (Å²) in [6, 6.07) is 5.97. The molecular weight excluding hydrogens is 292 g/mol. The maximum Gasteiger partial charge on any atom is 0.409 e. The van der Waals surface area contributed by atoms with Crippen molar-refractivity contribution in [2.45, 2.75) is 27.2 Å². The molecular formula is C17H24N4O2. The lowest BCUT2D eigenvalue weighted by atomic mass is 10.2. The molecule has 1 aliphatic rings. The Labute approximate surface area is 137 Å². The number of carbonyl (C=O) groups excluding carboxylic acids is 1. The van der Waals surface area contributed by atoms with E-state index in [1.807, 2.05) is 32.9 Å². The van der Waals surface area contributed by atoms with Gasteiger partial charge < -0.3 is 14.5 Å². The van der Waals surface area contributed by atoms with E-state index in [1.165, 1.54) is 0 Å². The summed E-state index contributed by atoms with van der Waals surface area (Å²) < 4.78 is 5.30. The zero-order chi connectivity index (χ0) is 16.8. The van der Waals surface area contributed by atoms with Crippen LogP contribution in [0.15, 0.2) is 12.1 Å². The Morgan fingerprint density at radius 2 is 2.13 bits per heavy atom.